The van der Waals surface area contributed by atoms with Gasteiger partial charge >= 0.3 is 0 Å². The van der Waals surface area contributed by atoms with Crippen LogP contribution in [-0.4, -0.2) is 6.04 Å². The first-order valence-electron chi connectivity index (χ1n) is 6.61. The summed E-state index contributed by atoms with van der Waals surface area (Å²) in [4.78, 5) is 0. The van der Waals surface area contributed by atoms with E-state index >= 15 is 0 Å². The molecular weight excluding hydrogens is 296 g/mol. The summed E-state index contributed by atoms with van der Waals surface area (Å²) in [5.41, 5.74) is 2.36. The van der Waals surface area contributed by atoms with Crippen molar-refractivity contribution >= 4 is 23.2 Å². The Hall–Kier alpha value is -1.09. The maximum Gasteiger partial charge on any atom is 0.128 e. The van der Waals surface area contributed by atoms with E-state index in [0.717, 1.165) is 11.1 Å². The monoisotopic (exact) mass is 309 g/mol. The summed E-state index contributed by atoms with van der Waals surface area (Å²) in [6.07, 6.45) is 2.39. The molecular formula is C16H14Cl2FN. The topological polar surface area (TPSA) is 12.0 Å². The predicted molar refractivity (Wildman–Crippen MR) is 81.7 cm³/mol. The van der Waals surface area contributed by atoms with Gasteiger partial charge in [0.15, 0.2) is 0 Å². The van der Waals surface area contributed by atoms with Crippen molar-refractivity contribution in [1.29, 1.82) is 0 Å². The number of nitrogens with one attached hydrogen (secondary N) is 1. The molecule has 0 unspecified atom stereocenters. The first-order chi connectivity index (χ1) is 9.63. The highest BCUT2D eigenvalue weighted by Crippen LogP contribution is 2.29. The van der Waals surface area contributed by atoms with Gasteiger partial charge in [0.05, 0.1) is 10.0 Å². The molecule has 0 bridgehead atoms. The Morgan fingerprint density at radius 3 is 2.35 bits per heavy atom. The van der Waals surface area contributed by atoms with Crippen LogP contribution in [0, 0.1) is 5.82 Å². The van der Waals surface area contributed by atoms with Crippen LogP contribution < -0.4 is 5.32 Å². The van der Waals surface area contributed by atoms with E-state index < -0.39 is 0 Å². The van der Waals surface area contributed by atoms with Gasteiger partial charge in [0.25, 0.3) is 0 Å². The number of halogens is 3. The van der Waals surface area contributed by atoms with E-state index in [1.54, 1.807) is 18.2 Å². The molecule has 0 aromatic heterocycles. The molecule has 0 amide bonds. The van der Waals surface area contributed by atoms with Crippen molar-refractivity contribution in [3.63, 3.8) is 0 Å². The van der Waals surface area contributed by atoms with Gasteiger partial charge in [0.2, 0.25) is 0 Å². The molecule has 1 nitrogen and oxygen atoms in total. The van der Waals surface area contributed by atoms with Gasteiger partial charge in [-0.05, 0) is 42.2 Å². The lowest BCUT2D eigenvalue weighted by atomic mass is 10.0. The molecule has 1 saturated carbocycles. The van der Waals surface area contributed by atoms with E-state index in [-0.39, 0.29) is 5.82 Å². The van der Waals surface area contributed by atoms with E-state index in [0.29, 0.717) is 28.2 Å². The van der Waals surface area contributed by atoms with Crippen molar-refractivity contribution in [3.8, 4) is 11.1 Å². The SMILES string of the molecule is Fc1cc(-c2ccc(Cl)c(Cl)c2)ccc1CNC1CC1. The zero-order valence-corrected chi connectivity index (χ0v) is 12.3. The maximum atomic E-state index is 14.1. The standard InChI is InChI=1S/C16H14Cl2FN/c17-14-6-3-10(7-15(14)18)11-1-2-12(16(19)8-11)9-20-13-4-5-13/h1-3,6-8,13,20H,4-5,9H2. The number of benzene rings is 2. The summed E-state index contributed by atoms with van der Waals surface area (Å²) in [6.45, 7) is 0.582. The first kappa shape index (κ1) is 13.9. The summed E-state index contributed by atoms with van der Waals surface area (Å²) in [7, 11) is 0. The predicted octanol–water partition coefficient (Wildman–Crippen LogP) is 5.05. The second kappa shape index (κ2) is 5.72. The molecule has 1 aliphatic carbocycles. The normalized spacial score (nSPS) is 14.6. The zero-order valence-electron chi connectivity index (χ0n) is 10.8. The molecule has 0 atom stereocenters. The highest BCUT2D eigenvalue weighted by atomic mass is 35.5. The van der Waals surface area contributed by atoms with E-state index in [1.807, 2.05) is 18.2 Å². The van der Waals surface area contributed by atoms with E-state index in [9.17, 15) is 4.39 Å². The molecule has 1 aliphatic rings. The van der Waals surface area contributed by atoms with Crippen LogP contribution in [0.5, 0.6) is 0 Å². The number of rotatable bonds is 4. The summed E-state index contributed by atoms with van der Waals surface area (Å²) < 4.78 is 14.1. The summed E-state index contributed by atoms with van der Waals surface area (Å²) in [5, 5.41) is 4.29. The fourth-order valence-electron chi connectivity index (χ4n) is 2.09. The molecule has 0 radical (unpaired) electrons. The van der Waals surface area contributed by atoms with Crippen LogP contribution in [0.2, 0.25) is 10.0 Å². The van der Waals surface area contributed by atoms with Crippen molar-refractivity contribution in [2.24, 2.45) is 0 Å². The van der Waals surface area contributed by atoms with Gasteiger partial charge in [-0.3, -0.25) is 0 Å². The van der Waals surface area contributed by atoms with E-state index in [4.69, 9.17) is 23.2 Å². The molecule has 1 fully saturated rings. The highest BCUT2D eigenvalue weighted by Gasteiger charge is 2.20. The third-order valence-electron chi connectivity index (χ3n) is 3.46. The van der Waals surface area contributed by atoms with Crippen LogP contribution in [0.15, 0.2) is 36.4 Å². The van der Waals surface area contributed by atoms with Crippen LogP contribution >= 0.6 is 23.2 Å². The lowest BCUT2D eigenvalue weighted by molar-refractivity contribution is 0.587. The Balaban J connectivity index is 1.82. The van der Waals surface area contributed by atoms with Crippen molar-refractivity contribution in [1.82, 2.24) is 5.32 Å². The molecule has 2 aromatic carbocycles. The maximum absolute atomic E-state index is 14.1. The van der Waals surface area contributed by atoms with Crippen LogP contribution in [-0.2, 0) is 6.54 Å². The Morgan fingerprint density at radius 2 is 1.70 bits per heavy atom. The van der Waals surface area contributed by atoms with Crippen molar-refractivity contribution in [2.45, 2.75) is 25.4 Å². The Kier molecular flexibility index (Phi) is 3.97. The van der Waals surface area contributed by atoms with Gasteiger partial charge in [0.1, 0.15) is 5.82 Å². The van der Waals surface area contributed by atoms with Gasteiger partial charge in [-0.25, -0.2) is 4.39 Å². The van der Waals surface area contributed by atoms with Gasteiger partial charge < -0.3 is 5.32 Å². The van der Waals surface area contributed by atoms with Gasteiger partial charge in [-0.15, -0.1) is 0 Å². The van der Waals surface area contributed by atoms with Crippen molar-refractivity contribution < 1.29 is 4.39 Å². The van der Waals surface area contributed by atoms with Gasteiger partial charge in [-0.2, -0.15) is 0 Å². The molecule has 4 heteroatoms. The molecule has 0 heterocycles. The smallest absolute Gasteiger partial charge is 0.128 e. The van der Waals surface area contributed by atoms with Crippen LogP contribution in [0.25, 0.3) is 11.1 Å². The van der Waals surface area contributed by atoms with Crippen LogP contribution in [0.4, 0.5) is 4.39 Å². The summed E-state index contributed by atoms with van der Waals surface area (Å²) in [6, 6.07) is 11.2. The largest absolute Gasteiger partial charge is 0.310 e. The lowest BCUT2D eigenvalue weighted by Gasteiger charge is -2.08. The van der Waals surface area contributed by atoms with Crippen molar-refractivity contribution in [2.75, 3.05) is 0 Å². The fraction of sp³-hybridized carbons (Fsp3) is 0.250. The molecule has 1 N–H and O–H groups in total. The molecule has 0 aliphatic heterocycles. The fourth-order valence-corrected chi connectivity index (χ4v) is 2.39. The molecule has 0 spiro atoms. The van der Waals surface area contributed by atoms with E-state index in [2.05, 4.69) is 5.32 Å². The minimum Gasteiger partial charge on any atom is -0.310 e. The number of hydrogen-bond donors (Lipinski definition) is 1. The van der Waals surface area contributed by atoms with Crippen LogP contribution in [0.1, 0.15) is 18.4 Å². The highest BCUT2D eigenvalue weighted by molar-refractivity contribution is 6.42. The first-order valence-corrected chi connectivity index (χ1v) is 7.36. The Morgan fingerprint density at radius 1 is 1.00 bits per heavy atom. The minimum absolute atomic E-state index is 0.193. The second-order valence-corrected chi connectivity index (χ2v) is 5.90. The van der Waals surface area contributed by atoms with Gasteiger partial charge in [0, 0.05) is 18.2 Å². The average Bonchev–Trinajstić information content (AvgIpc) is 3.24. The third kappa shape index (κ3) is 3.14. The Bertz CT molecular complexity index is 638. The molecule has 2 aromatic rings. The van der Waals surface area contributed by atoms with E-state index in [1.165, 1.54) is 12.8 Å². The lowest BCUT2D eigenvalue weighted by Crippen LogP contribution is -2.16. The Labute approximate surface area is 127 Å². The molecule has 20 heavy (non-hydrogen) atoms. The molecule has 104 valence electrons. The minimum atomic E-state index is -0.193. The quantitative estimate of drug-likeness (QED) is 0.833. The third-order valence-corrected chi connectivity index (χ3v) is 4.20. The molecule has 3 rings (SSSR count). The zero-order chi connectivity index (χ0) is 14.1. The van der Waals surface area contributed by atoms with Crippen molar-refractivity contribution in [3.05, 3.63) is 57.8 Å². The summed E-state index contributed by atoms with van der Waals surface area (Å²) >= 11 is 11.9. The number of hydrogen-bond acceptors (Lipinski definition) is 1. The molecule has 0 saturated heterocycles. The second-order valence-electron chi connectivity index (χ2n) is 5.09. The van der Waals surface area contributed by atoms with Gasteiger partial charge in [-0.1, -0.05) is 41.4 Å². The van der Waals surface area contributed by atoms with Crippen LogP contribution in [0.3, 0.4) is 0 Å². The average molecular weight is 310 g/mol. The summed E-state index contributed by atoms with van der Waals surface area (Å²) in [5.74, 6) is -0.193.